The van der Waals surface area contributed by atoms with Gasteiger partial charge in [0.25, 0.3) is 0 Å². The lowest BCUT2D eigenvalue weighted by Crippen LogP contribution is -2.28. The normalized spacial score (nSPS) is 9.27. The molecule has 0 aliphatic carbocycles. The van der Waals surface area contributed by atoms with E-state index in [2.05, 4.69) is 4.90 Å². The Kier molecular flexibility index (Phi) is 15.4. The van der Waals surface area contributed by atoms with Gasteiger partial charge >= 0.3 is 0 Å². The summed E-state index contributed by atoms with van der Waals surface area (Å²) in [7, 11) is 3.74. The van der Waals surface area contributed by atoms with Gasteiger partial charge in [0.1, 0.15) is 0 Å². The molecule has 0 aromatic rings. The molecule has 0 rings (SSSR count). The van der Waals surface area contributed by atoms with Crippen molar-refractivity contribution in [2.75, 3.05) is 40.4 Å². The van der Waals surface area contributed by atoms with Crippen molar-refractivity contribution in [3.05, 3.63) is 0 Å². The van der Waals surface area contributed by atoms with E-state index >= 15 is 0 Å². The zero-order valence-corrected chi connectivity index (χ0v) is 8.26. The van der Waals surface area contributed by atoms with Gasteiger partial charge in [0.15, 0.2) is 0 Å². The Labute approximate surface area is 70.5 Å². The van der Waals surface area contributed by atoms with Crippen LogP contribution in [0.15, 0.2) is 0 Å². The van der Waals surface area contributed by atoms with Crippen LogP contribution in [0, 0.1) is 0 Å². The summed E-state index contributed by atoms with van der Waals surface area (Å²) in [6.45, 7) is 7.42. The van der Waals surface area contributed by atoms with Crippen LogP contribution in [0.25, 0.3) is 0 Å². The summed E-state index contributed by atoms with van der Waals surface area (Å²) >= 11 is 0. The summed E-state index contributed by atoms with van der Waals surface area (Å²) < 4.78 is 4.88. The molecule has 2 N–H and O–H groups in total. The Morgan fingerprint density at radius 3 is 2.18 bits per heavy atom. The van der Waals surface area contributed by atoms with Gasteiger partial charge < -0.3 is 15.4 Å². The zero-order valence-electron chi connectivity index (χ0n) is 8.26. The van der Waals surface area contributed by atoms with E-state index in [1.807, 2.05) is 20.9 Å². The van der Waals surface area contributed by atoms with Crippen molar-refractivity contribution in [3.8, 4) is 0 Å². The first kappa shape index (κ1) is 13.5. The molecule has 0 radical (unpaired) electrons. The quantitative estimate of drug-likeness (QED) is 0.641. The van der Waals surface area contributed by atoms with Gasteiger partial charge in [0, 0.05) is 26.7 Å². The molecule has 0 unspecified atom stereocenters. The standard InChI is InChI=1S/C6H16N2O.C2H6/c1-8(4-3-7)5-6-9-2;1-2/h3-7H2,1-2H3;1-2H3. The van der Waals surface area contributed by atoms with Gasteiger partial charge in [0.05, 0.1) is 6.61 Å². The van der Waals surface area contributed by atoms with Crippen LogP contribution in [0.3, 0.4) is 0 Å². The lowest BCUT2D eigenvalue weighted by Gasteiger charge is -2.13. The number of rotatable bonds is 5. The third kappa shape index (κ3) is 13.0. The molecule has 0 saturated carbocycles. The first-order valence-corrected chi connectivity index (χ1v) is 4.18. The maximum absolute atomic E-state index is 5.32. The van der Waals surface area contributed by atoms with Crippen molar-refractivity contribution < 1.29 is 4.74 Å². The number of ether oxygens (including phenoxy) is 1. The summed E-state index contributed by atoms with van der Waals surface area (Å²) in [5, 5.41) is 0. The van der Waals surface area contributed by atoms with Crippen molar-refractivity contribution in [3.63, 3.8) is 0 Å². The molecule has 0 amide bonds. The Hall–Kier alpha value is -0.120. The molecule has 0 fully saturated rings. The third-order valence-electron chi connectivity index (χ3n) is 1.19. The van der Waals surface area contributed by atoms with E-state index in [9.17, 15) is 0 Å². The highest BCUT2D eigenvalue weighted by molar-refractivity contribution is 4.48. The summed E-state index contributed by atoms with van der Waals surface area (Å²) in [5.74, 6) is 0. The second-order valence-corrected chi connectivity index (χ2v) is 2.08. The van der Waals surface area contributed by atoms with Crippen LogP contribution in [0.5, 0.6) is 0 Å². The van der Waals surface area contributed by atoms with E-state index in [1.165, 1.54) is 0 Å². The molecule has 0 saturated heterocycles. The largest absolute Gasteiger partial charge is 0.383 e. The Morgan fingerprint density at radius 2 is 1.82 bits per heavy atom. The van der Waals surface area contributed by atoms with Crippen LogP contribution >= 0.6 is 0 Å². The van der Waals surface area contributed by atoms with Gasteiger partial charge in [0.2, 0.25) is 0 Å². The fourth-order valence-corrected chi connectivity index (χ4v) is 0.579. The second-order valence-electron chi connectivity index (χ2n) is 2.08. The smallest absolute Gasteiger partial charge is 0.0589 e. The molecule has 0 aromatic heterocycles. The topological polar surface area (TPSA) is 38.5 Å². The second kappa shape index (κ2) is 12.5. The Morgan fingerprint density at radius 1 is 1.27 bits per heavy atom. The van der Waals surface area contributed by atoms with E-state index in [-0.39, 0.29) is 0 Å². The molecule has 0 aliphatic heterocycles. The minimum Gasteiger partial charge on any atom is -0.383 e. The fraction of sp³-hybridized carbons (Fsp3) is 1.00. The predicted molar refractivity (Wildman–Crippen MR) is 49.8 cm³/mol. The summed E-state index contributed by atoms with van der Waals surface area (Å²) in [6.07, 6.45) is 0. The molecule has 0 bridgehead atoms. The predicted octanol–water partition coefficient (Wildman–Crippen LogP) is 0.550. The average Bonchev–Trinajstić information content (AvgIpc) is 2.05. The lowest BCUT2D eigenvalue weighted by molar-refractivity contribution is 0.163. The average molecular weight is 162 g/mol. The molecular weight excluding hydrogens is 140 g/mol. The summed E-state index contributed by atoms with van der Waals surface area (Å²) in [5.41, 5.74) is 5.32. The monoisotopic (exact) mass is 162 g/mol. The molecule has 0 heterocycles. The van der Waals surface area contributed by atoms with Gasteiger partial charge in [-0.3, -0.25) is 0 Å². The minimum atomic E-state index is 0.722. The first-order chi connectivity index (χ1) is 5.31. The Bertz CT molecular complexity index is 60.1. The molecule has 3 heteroatoms. The lowest BCUT2D eigenvalue weighted by atomic mass is 10.5. The highest BCUT2D eigenvalue weighted by Gasteiger charge is 1.92. The number of hydrogen-bond acceptors (Lipinski definition) is 3. The maximum Gasteiger partial charge on any atom is 0.0589 e. The molecule has 0 atom stereocenters. The van der Waals surface area contributed by atoms with Crippen LogP contribution in [-0.2, 0) is 4.74 Å². The van der Waals surface area contributed by atoms with E-state index < -0.39 is 0 Å². The van der Waals surface area contributed by atoms with E-state index in [0.717, 1.165) is 26.2 Å². The van der Waals surface area contributed by atoms with E-state index in [0.29, 0.717) is 0 Å². The van der Waals surface area contributed by atoms with Crippen LogP contribution < -0.4 is 5.73 Å². The number of methoxy groups -OCH3 is 1. The van der Waals surface area contributed by atoms with Gasteiger partial charge in [-0.25, -0.2) is 0 Å². The SMILES string of the molecule is CC.COCCN(C)CCN. The first-order valence-electron chi connectivity index (χ1n) is 4.18. The third-order valence-corrected chi connectivity index (χ3v) is 1.19. The molecule has 11 heavy (non-hydrogen) atoms. The molecule has 70 valence electrons. The number of nitrogens with two attached hydrogens (primary N) is 1. The molecule has 0 spiro atoms. The van der Waals surface area contributed by atoms with E-state index in [4.69, 9.17) is 10.5 Å². The highest BCUT2D eigenvalue weighted by atomic mass is 16.5. The zero-order chi connectivity index (χ0) is 9.11. The van der Waals surface area contributed by atoms with Crippen molar-refractivity contribution in [2.24, 2.45) is 5.73 Å². The molecule has 3 nitrogen and oxygen atoms in total. The van der Waals surface area contributed by atoms with Crippen LogP contribution in [0.4, 0.5) is 0 Å². The van der Waals surface area contributed by atoms with Crippen LogP contribution in [0.2, 0.25) is 0 Å². The number of hydrogen-bond donors (Lipinski definition) is 1. The fourth-order valence-electron chi connectivity index (χ4n) is 0.579. The van der Waals surface area contributed by atoms with Gasteiger partial charge in [-0.05, 0) is 7.05 Å². The number of likely N-dealkylation sites (N-methyl/N-ethyl adjacent to an activating group) is 1. The summed E-state index contributed by atoms with van der Waals surface area (Å²) in [6, 6.07) is 0. The summed E-state index contributed by atoms with van der Waals surface area (Å²) in [4.78, 5) is 2.14. The van der Waals surface area contributed by atoms with Crippen molar-refractivity contribution >= 4 is 0 Å². The highest BCUT2D eigenvalue weighted by Crippen LogP contribution is 1.78. The van der Waals surface area contributed by atoms with Crippen molar-refractivity contribution in [1.82, 2.24) is 4.90 Å². The van der Waals surface area contributed by atoms with Gasteiger partial charge in [-0.15, -0.1) is 0 Å². The molecule has 0 aromatic carbocycles. The Balaban J connectivity index is 0. The maximum atomic E-state index is 5.32. The minimum absolute atomic E-state index is 0.722. The van der Waals surface area contributed by atoms with Crippen LogP contribution in [-0.4, -0.2) is 45.3 Å². The van der Waals surface area contributed by atoms with Crippen molar-refractivity contribution in [1.29, 1.82) is 0 Å². The molecule has 0 aliphatic rings. The molecular formula is C8H22N2O. The van der Waals surface area contributed by atoms with E-state index in [1.54, 1.807) is 7.11 Å². The number of nitrogens with zero attached hydrogens (tertiary/aromatic N) is 1. The van der Waals surface area contributed by atoms with Crippen LogP contribution in [0.1, 0.15) is 13.8 Å². The van der Waals surface area contributed by atoms with Gasteiger partial charge in [-0.1, -0.05) is 13.8 Å². The van der Waals surface area contributed by atoms with Crippen molar-refractivity contribution in [2.45, 2.75) is 13.8 Å². The van der Waals surface area contributed by atoms with Gasteiger partial charge in [-0.2, -0.15) is 0 Å².